The Bertz CT molecular complexity index is 611. The fourth-order valence-electron chi connectivity index (χ4n) is 2.00. The SMILES string of the molecule is CCCOc1cccc(F)c1C(=O)C(O)c1ccccc1. The third-order valence-electron chi connectivity index (χ3n) is 3.05. The summed E-state index contributed by atoms with van der Waals surface area (Å²) in [5, 5.41) is 10.1. The second-order valence-corrected chi connectivity index (χ2v) is 4.64. The first-order valence-electron chi connectivity index (χ1n) is 6.83. The number of hydrogen-bond donors (Lipinski definition) is 1. The summed E-state index contributed by atoms with van der Waals surface area (Å²) in [6.07, 6.45) is -0.669. The van der Waals surface area contributed by atoms with Gasteiger partial charge in [0.15, 0.2) is 0 Å². The molecule has 4 heteroatoms. The van der Waals surface area contributed by atoms with Crippen LogP contribution in [0.3, 0.4) is 0 Å². The second kappa shape index (κ2) is 6.99. The number of aliphatic hydroxyl groups excluding tert-OH is 1. The average Bonchev–Trinajstić information content (AvgIpc) is 2.52. The van der Waals surface area contributed by atoms with Gasteiger partial charge in [0.05, 0.1) is 12.2 Å². The van der Waals surface area contributed by atoms with E-state index < -0.39 is 17.7 Å². The molecular formula is C17H17FO3. The summed E-state index contributed by atoms with van der Waals surface area (Å²) in [4.78, 5) is 12.4. The van der Waals surface area contributed by atoms with Crippen molar-refractivity contribution >= 4 is 5.78 Å². The van der Waals surface area contributed by atoms with Crippen LogP contribution in [0.25, 0.3) is 0 Å². The van der Waals surface area contributed by atoms with Gasteiger partial charge in [0.2, 0.25) is 5.78 Å². The molecule has 0 spiro atoms. The molecule has 0 aliphatic carbocycles. The van der Waals surface area contributed by atoms with Crippen molar-refractivity contribution in [1.29, 1.82) is 0 Å². The number of aliphatic hydroxyl groups is 1. The first-order chi connectivity index (χ1) is 10.1. The monoisotopic (exact) mass is 288 g/mol. The molecule has 0 aliphatic heterocycles. The van der Waals surface area contributed by atoms with Gasteiger partial charge in [-0.15, -0.1) is 0 Å². The summed E-state index contributed by atoms with van der Waals surface area (Å²) < 4.78 is 19.4. The lowest BCUT2D eigenvalue weighted by atomic mass is 9.99. The van der Waals surface area contributed by atoms with Gasteiger partial charge < -0.3 is 9.84 Å². The van der Waals surface area contributed by atoms with E-state index in [2.05, 4.69) is 0 Å². The van der Waals surface area contributed by atoms with E-state index in [1.54, 1.807) is 30.3 Å². The van der Waals surface area contributed by atoms with E-state index in [1.165, 1.54) is 18.2 Å². The van der Waals surface area contributed by atoms with Gasteiger partial charge in [-0.1, -0.05) is 43.3 Å². The standard InChI is InChI=1S/C17H17FO3/c1-2-11-21-14-10-6-9-13(18)15(14)17(20)16(19)12-7-4-3-5-8-12/h3-10,16,19H,2,11H2,1H3. The van der Waals surface area contributed by atoms with Crippen LogP contribution in [0.5, 0.6) is 5.75 Å². The van der Waals surface area contributed by atoms with Gasteiger partial charge in [0.25, 0.3) is 0 Å². The molecule has 2 aromatic carbocycles. The molecule has 0 bridgehead atoms. The fraction of sp³-hybridized carbons (Fsp3) is 0.235. The largest absolute Gasteiger partial charge is 0.493 e. The lowest BCUT2D eigenvalue weighted by Crippen LogP contribution is -2.15. The summed E-state index contributed by atoms with van der Waals surface area (Å²) in [7, 11) is 0. The molecule has 0 amide bonds. The van der Waals surface area contributed by atoms with Crippen molar-refractivity contribution < 1.29 is 19.0 Å². The summed E-state index contributed by atoms with van der Waals surface area (Å²) in [5.74, 6) is -1.23. The zero-order valence-electron chi connectivity index (χ0n) is 11.8. The smallest absolute Gasteiger partial charge is 0.202 e. The molecule has 1 N–H and O–H groups in total. The molecule has 2 rings (SSSR count). The average molecular weight is 288 g/mol. The molecule has 0 aliphatic rings. The minimum atomic E-state index is -1.41. The first kappa shape index (κ1) is 15.2. The number of Topliss-reactive ketones (excluding diaryl/α,β-unsaturated/α-hetero) is 1. The third kappa shape index (κ3) is 3.47. The summed E-state index contributed by atoms with van der Waals surface area (Å²) in [6, 6.07) is 12.6. The molecule has 0 fully saturated rings. The van der Waals surface area contributed by atoms with Gasteiger partial charge in [0, 0.05) is 0 Å². The van der Waals surface area contributed by atoms with Crippen LogP contribution >= 0.6 is 0 Å². The van der Waals surface area contributed by atoms with E-state index in [0.717, 1.165) is 6.42 Å². The topological polar surface area (TPSA) is 46.5 Å². The number of carbonyl (C=O) groups is 1. The predicted molar refractivity (Wildman–Crippen MR) is 77.9 cm³/mol. The van der Waals surface area contributed by atoms with Crippen LogP contribution in [-0.4, -0.2) is 17.5 Å². The van der Waals surface area contributed by atoms with E-state index in [0.29, 0.717) is 12.2 Å². The highest BCUT2D eigenvalue weighted by Gasteiger charge is 2.25. The Kier molecular flexibility index (Phi) is 5.06. The van der Waals surface area contributed by atoms with Crippen LogP contribution in [0.15, 0.2) is 48.5 Å². The van der Waals surface area contributed by atoms with Crippen molar-refractivity contribution in [3.63, 3.8) is 0 Å². The molecule has 21 heavy (non-hydrogen) atoms. The molecular weight excluding hydrogens is 271 g/mol. The van der Waals surface area contributed by atoms with Crippen molar-refractivity contribution in [3.8, 4) is 5.75 Å². The van der Waals surface area contributed by atoms with Crippen molar-refractivity contribution in [1.82, 2.24) is 0 Å². The minimum absolute atomic E-state index is 0.164. The Morgan fingerprint density at radius 3 is 2.57 bits per heavy atom. The number of ketones is 1. The predicted octanol–water partition coefficient (Wildman–Crippen LogP) is 3.53. The maximum atomic E-state index is 14.0. The molecule has 0 saturated heterocycles. The Hall–Kier alpha value is -2.20. The zero-order valence-corrected chi connectivity index (χ0v) is 11.8. The lowest BCUT2D eigenvalue weighted by Gasteiger charge is -2.14. The van der Waals surface area contributed by atoms with Gasteiger partial charge in [-0.2, -0.15) is 0 Å². The van der Waals surface area contributed by atoms with E-state index in [1.807, 2.05) is 6.92 Å². The van der Waals surface area contributed by atoms with E-state index in [9.17, 15) is 14.3 Å². The maximum absolute atomic E-state index is 14.0. The van der Waals surface area contributed by atoms with Crippen LogP contribution < -0.4 is 4.74 Å². The molecule has 1 unspecified atom stereocenters. The van der Waals surface area contributed by atoms with E-state index in [-0.39, 0.29) is 11.3 Å². The molecule has 2 aromatic rings. The quantitative estimate of drug-likeness (QED) is 0.827. The first-order valence-corrected chi connectivity index (χ1v) is 6.83. The third-order valence-corrected chi connectivity index (χ3v) is 3.05. The lowest BCUT2D eigenvalue weighted by molar-refractivity contribution is 0.0738. The normalized spacial score (nSPS) is 12.0. The van der Waals surface area contributed by atoms with Crippen LogP contribution in [0, 0.1) is 5.82 Å². The highest BCUT2D eigenvalue weighted by molar-refractivity contribution is 6.02. The Morgan fingerprint density at radius 2 is 1.90 bits per heavy atom. The minimum Gasteiger partial charge on any atom is -0.493 e. The van der Waals surface area contributed by atoms with Crippen molar-refractivity contribution in [2.75, 3.05) is 6.61 Å². The summed E-state index contributed by atoms with van der Waals surface area (Å²) in [6.45, 7) is 2.30. The van der Waals surface area contributed by atoms with Crippen molar-refractivity contribution in [2.45, 2.75) is 19.4 Å². The van der Waals surface area contributed by atoms with Gasteiger partial charge >= 0.3 is 0 Å². The molecule has 110 valence electrons. The van der Waals surface area contributed by atoms with Crippen LogP contribution in [0.4, 0.5) is 4.39 Å². The number of halogens is 1. The number of benzene rings is 2. The van der Waals surface area contributed by atoms with E-state index in [4.69, 9.17) is 4.74 Å². The van der Waals surface area contributed by atoms with Gasteiger partial charge in [-0.25, -0.2) is 4.39 Å². The maximum Gasteiger partial charge on any atom is 0.202 e. The van der Waals surface area contributed by atoms with E-state index >= 15 is 0 Å². The molecule has 3 nitrogen and oxygen atoms in total. The summed E-state index contributed by atoms with van der Waals surface area (Å²) >= 11 is 0. The van der Waals surface area contributed by atoms with Crippen molar-refractivity contribution in [2.24, 2.45) is 0 Å². The Labute approximate surface area is 123 Å². The Balaban J connectivity index is 2.34. The van der Waals surface area contributed by atoms with Gasteiger partial charge in [0.1, 0.15) is 17.7 Å². The number of rotatable bonds is 6. The molecule has 0 heterocycles. The second-order valence-electron chi connectivity index (χ2n) is 4.64. The molecule has 1 atom stereocenters. The molecule has 0 aromatic heterocycles. The highest BCUT2D eigenvalue weighted by atomic mass is 19.1. The molecule has 0 saturated carbocycles. The highest BCUT2D eigenvalue weighted by Crippen LogP contribution is 2.27. The zero-order chi connectivity index (χ0) is 15.2. The summed E-state index contributed by atoms with van der Waals surface area (Å²) in [5.41, 5.74) is 0.217. The number of ether oxygens (including phenoxy) is 1. The van der Waals surface area contributed by atoms with Crippen LogP contribution in [0.2, 0.25) is 0 Å². The number of carbonyl (C=O) groups excluding carboxylic acids is 1. The number of hydrogen-bond acceptors (Lipinski definition) is 3. The van der Waals surface area contributed by atoms with Gasteiger partial charge in [-0.05, 0) is 24.1 Å². The van der Waals surface area contributed by atoms with Gasteiger partial charge in [-0.3, -0.25) is 4.79 Å². The van der Waals surface area contributed by atoms with Crippen molar-refractivity contribution in [3.05, 3.63) is 65.5 Å². The van der Waals surface area contributed by atoms with Crippen LogP contribution in [0.1, 0.15) is 35.4 Å². The Morgan fingerprint density at radius 1 is 1.19 bits per heavy atom. The fourth-order valence-corrected chi connectivity index (χ4v) is 2.00. The molecule has 0 radical (unpaired) electrons. The van der Waals surface area contributed by atoms with Crippen LogP contribution in [-0.2, 0) is 0 Å².